The van der Waals surface area contributed by atoms with Crippen LogP contribution < -0.4 is 4.74 Å². The van der Waals surface area contributed by atoms with Gasteiger partial charge in [0.1, 0.15) is 25.1 Å². The lowest BCUT2D eigenvalue weighted by Crippen LogP contribution is -2.24. The van der Waals surface area contributed by atoms with Crippen molar-refractivity contribution < 1.29 is 19.3 Å². The number of nitrogens with zero attached hydrogens (tertiary/aromatic N) is 1. The monoisotopic (exact) mass is 279 g/mol. The lowest BCUT2D eigenvalue weighted by atomic mass is 10.2. The van der Waals surface area contributed by atoms with Crippen LogP contribution in [0, 0.1) is 0 Å². The molecule has 1 N–H and O–H groups in total. The predicted octanol–water partition coefficient (Wildman–Crippen LogP) is 1.65. The molecule has 0 heterocycles. The zero-order valence-electron chi connectivity index (χ0n) is 11.7. The molecular weight excluding hydrogens is 258 g/mol. The molecular formula is C15H21NO4. The Morgan fingerprint density at radius 3 is 2.85 bits per heavy atom. The number of hydrogen-bond donors (Lipinski definition) is 1. The maximum absolute atomic E-state index is 9.74. The number of benzene rings is 1. The van der Waals surface area contributed by atoms with E-state index in [1.54, 1.807) is 13.3 Å². The van der Waals surface area contributed by atoms with Gasteiger partial charge in [-0.05, 0) is 12.1 Å². The molecule has 0 saturated heterocycles. The molecule has 0 fully saturated rings. The molecule has 0 aliphatic heterocycles. The summed E-state index contributed by atoms with van der Waals surface area (Å²) in [6.45, 7) is 4.61. The lowest BCUT2D eigenvalue weighted by molar-refractivity contribution is -0.000284. The Kier molecular flexibility index (Phi) is 8.10. The first-order chi connectivity index (χ1) is 9.77. The number of rotatable bonds is 10. The Bertz CT molecular complexity index is 420. The fourth-order valence-corrected chi connectivity index (χ4v) is 1.50. The number of aliphatic hydroxyl groups excluding tert-OH is 1. The van der Waals surface area contributed by atoms with Crippen LogP contribution in [0.5, 0.6) is 5.75 Å². The molecule has 1 aromatic rings. The van der Waals surface area contributed by atoms with Gasteiger partial charge in [-0.3, -0.25) is 4.99 Å². The van der Waals surface area contributed by atoms with Gasteiger partial charge in [0.05, 0.1) is 19.5 Å². The number of ether oxygens (including phenoxy) is 3. The van der Waals surface area contributed by atoms with E-state index in [0.717, 1.165) is 5.56 Å². The van der Waals surface area contributed by atoms with Crippen molar-refractivity contribution in [3.8, 4) is 5.75 Å². The summed E-state index contributed by atoms with van der Waals surface area (Å²) in [5.74, 6) is 0.687. The highest BCUT2D eigenvalue weighted by atomic mass is 16.5. The van der Waals surface area contributed by atoms with Crippen molar-refractivity contribution in [3.05, 3.63) is 42.7 Å². The average Bonchev–Trinajstić information content (AvgIpc) is 2.46. The quantitative estimate of drug-likeness (QED) is 0.402. The molecule has 0 spiro atoms. The summed E-state index contributed by atoms with van der Waals surface area (Å²) in [6.07, 6.45) is 2.38. The van der Waals surface area contributed by atoms with Gasteiger partial charge < -0.3 is 19.3 Å². The maximum atomic E-state index is 9.74. The molecule has 5 heteroatoms. The Labute approximate surface area is 119 Å². The summed E-state index contributed by atoms with van der Waals surface area (Å²) in [4.78, 5) is 3.96. The van der Waals surface area contributed by atoms with Crippen LogP contribution in [-0.4, -0.2) is 50.9 Å². The minimum atomic E-state index is -0.689. The highest BCUT2D eigenvalue weighted by Gasteiger charge is 2.07. The van der Waals surface area contributed by atoms with Crippen LogP contribution in [0.1, 0.15) is 5.56 Å². The summed E-state index contributed by atoms with van der Waals surface area (Å²) >= 11 is 0. The van der Waals surface area contributed by atoms with Gasteiger partial charge in [-0.2, -0.15) is 0 Å². The second-order valence-electron chi connectivity index (χ2n) is 4.00. The third kappa shape index (κ3) is 6.36. The molecule has 110 valence electrons. The second kappa shape index (κ2) is 10.00. The van der Waals surface area contributed by atoms with Gasteiger partial charge in [-0.1, -0.05) is 18.7 Å². The molecule has 0 aliphatic rings. The van der Waals surface area contributed by atoms with Crippen LogP contribution in [0.25, 0.3) is 0 Å². The van der Waals surface area contributed by atoms with E-state index < -0.39 is 6.10 Å². The predicted molar refractivity (Wildman–Crippen MR) is 78.4 cm³/mol. The summed E-state index contributed by atoms with van der Waals surface area (Å²) < 4.78 is 15.7. The maximum Gasteiger partial charge on any atom is 0.128 e. The Morgan fingerprint density at radius 1 is 1.30 bits per heavy atom. The van der Waals surface area contributed by atoms with Crippen LogP contribution in [-0.2, 0) is 9.47 Å². The van der Waals surface area contributed by atoms with E-state index in [1.807, 2.05) is 24.3 Å². The van der Waals surface area contributed by atoms with E-state index in [-0.39, 0.29) is 13.2 Å². The van der Waals surface area contributed by atoms with Crippen LogP contribution in [0.2, 0.25) is 0 Å². The number of hydrogen-bond acceptors (Lipinski definition) is 5. The topological polar surface area (TPSA) is 60.3 Å². The molecule has 0 radical (unpaired) electrons. The summed E-state index contributed by atoms with van der Waals surface area (Å²) in [5, 5.41) is 9.74. The molecule has 1 unspecified atom stereocenters. The van der Waals surface area contributed by atoms with E-state index in [0.29, 0.717) is 19.0 Å². The smallest absolute Gasteiger partial charge is 0.128 e. The fraction of sp³-hybridized carbons (Fsp3) is 0.400. The third-order valence-electron chi connectivity index (χ3n) is 2.39. The Balaban J connectivity index is 2.30. The van der Waals surface area contributed by atoms with E-state index in [1.165, 1.54) is 6.26 Å². The van der Waals surface area contributed by atoms with Crippen LogP contribution in [0.4, 0.5) is 0 Å². The van der Waals surface area contributed by atoms with E-state index >= 15 is 0 Å². The van der Waals surface area contributed by atoms with Crippen molar-refractivity contribution >= 4 is 6.21 Å². The minimum Gasteiger partial charge on any atom is -0.499 e. The standard InChI is InChI=1S/C15H21NO4/c1-3-18-8-9-19-11-14(17)12-20-15-7-5-4-6-13(15)10-16-2/h3-7,10,14,17H,1,8-9,11-12H2,2H3. The van der Waals surface area contributed by atoms with Gasteiger partial charge in [0.25, 0.3) is 0 Å². The molecule has 0 bridgehead atoms. The van der Waals surface area contributed by atoms with Crippen LogP contribution in [0.15, 0.2) is 42.1 Å². The molecule has 0 amide bonds. The molecule has 0 aromatic heterocycles. The number of aliphatic imine (C=N–C) groups is 1. The largest absolute Gasteiger partial charge is 0.499 e. The number of aliphatic hydroxyl groups is 1. The van der Waals surface area contributed by atoms with Gasteiger partial charge in [0.2, 0.25) is 0 Å². The van der Waals surface area contributed by atoms with Gasteiger partial charge in [-0.25, -0.2) is 0 Å². The van der Waals surface area contributed by atoms with Crippen molar-refractivity contribution in [1.29, 1.82) is 0 Å². The minimum absolute atomic E-state index is 0.164. The molecule has 1 rings (SSSR count). The van der Waals surface area contributed by atoms with Crippen molar-refractivity contribution in [2.24, 2.45) is 4.99 Å². The molecule has 1 aromatic carbocycles. The molecule has 5 nitrogen and oxygen atoms in total. The van der Waals surface area contributed by atoms with Crippen molar-refractivity contribution in [2.75, 3.05) is 33.5 Å². The molecule has 0 saturated carbocycles. The van der Waals surface area contributed by atoms with Gasteiger partial charge in [0.15, 0.2) is 0 Å². The normalized spacial score (nSPS) is 12.3. The van der Waals surface area contributed by atoms with Crippen molar-refractivity contribution in [1.82, 2.24) is 0 Å². The van der Waals surface area contributed by atoms with E-state index in [9.17, 15) is 5.11 Å². The summed E-state index contributed by atoms with van der Waals surface area (Å²) in [7, 11) is 1.70. The van der Waals surface area contributed by atoms with Crippen LogP contribution in [0.3, 0.4) is 0 Å². The molecule has 1 atom stereocenters. The first-order valence-electron chi connectivity index (χ1n) is 6.40. The third-order valence-corrected chi connectivity index (χ3v) is 2.39. The zero-order chi connectivity index (χ0) is 14.6. The zero-order valence-corrected chi connectivity index (χ0v) is 11.7. The van der Waals surface area contributed by atoms with Gasteiger partial charge >= 0.3 is 0 Å². The SMILES string of the molecule is C=COCCOCC(O)COc1ccccc1C=NC. The summed E-state index contributed by atoms with van der Waals surface area (Å²) in [5.41, 5.74) is 0.877. The van der Waals surface area contributed by atoms with E-state index in [4.69, 9.17) is 14.2 Å². The first kappa shape index (κ1) is 16.2. The second-order valence-corrected chi connectivity index (χ2v) is 4.00. The Hall–Kier alpha value is -1.85. The van der Waals surface area contributed by atoms with Crippen molar-refractivity contribution in [3.63, 3.8) is 0 Å². The van der Waals surface area contributed by atoms with Gasteiger partial charge in [-0.15, -0.1) is 0 Å². The Morgan fingerprint density at radius 2 is 2.10 bits per heavy atom. The first-order valence-corrected chi connectivity index (χ1v) is 6.40. The van der Waals surface area contributed by atoms with Crippen LogP contribution >= 0.6 is 0 Å². The highest BCUT2D eigenvalue weighted by Crippen LogP contribution is 2.16. The highest BCUT2D eigenvalue weighted by molar-refractivity contribution is 5.83. The van der Waals surface area contributed by atoms with E-state index in [2.05, 4.69) is 11.6 Å². The van der Waals surface area contributed by atoms with Crippen molar-refractivity contribution in [2.45, 2.75) is 6.10 Å². The molecule has 20 heavy (non-hydrogen) atoms. The fourth-order valence-electron chi connectivity index (χ4n) is 1.50. The van der Waals surface area contributed by atoms with Gasteiger partial charge in [0, 0.05) is 18.8 Å². The summed E-state index contributed by atoms with van der Waals surface area (Å²) in [6, 6.07) is 7.52. The number of para-hydroxylation sites is 1. The lowest BCUT2D eigenvalue weighted by Gasteiger charge is -2.14. The average molecular weight is 279 g/mol. The molecule has 0 aliphatic carbocycles.